The molecule has 0 radical (unpaired) electrons. The number of nitrogens with zero attached hydrogens (tertiary/aromatic N) is 2. The lowest BCUT2D eigenvalue weighted by Gasteiger charge is -2.35. The number of Topliss-reactive ketones (excluding diaryl/α,β-unsaturated/α-hetero) is 1. The standard InChI is InChI=1S/C26H22Br2Cl2N2O4/c1-11-3-5-13(6-4-11)23(33)12(2)31(24(34)14-7-8-17(29)18(30)9-14)32-25(35)19-15-10-16(20(19)26(32)36)22(28)21(15)27/h3-9,12,15-16,19-22H,10H2,1-2H3/t12-,15+,16+,19-,20+,21-,22-/m0/s1. The van der Waals surface area contributed by atoms with Gasteiger partial charge in [0.25, 0.3) is 17.7 Å². The predicted molar refractivity (Wildman–Crippen MR) is 143 cm³/mol. The summed E-state index contributed by atoms with van der Waals surface area (Å²) in [4.78, 5) is 55.0. The molecule has 5 rings (SSSR count). The van der Waals surface area contributed by atoms with E-state index in [1.807, 2.05) is 6.92 Å². The minimum Gasteiger partial charge on any atom is -0.292 e. The number of hydrazine groups is 1. The van der Waals surface area contributed by atoms with Crippen molar-refractivity contribution in [2.24, 2.45) is 23.7 Å². The summed E-state index contributed by atoms with van der Waals surface area (Å²) in [5, 5.41) is 2.34. The van der Waals surface area contributed by atoms with Crippen LogP contribution in [0.25, 0.3) is 0 Å². The molecule has 10 heteroatoms. The summed E-state index contributed by atoms with van der Waals surface area (Å²) in [5.74, 6) is -3.09. The molecule has 6 nitrogen and oxygen atoms in total. The summed E-state index contributed by atoms with van der Waals surface area (Å²) in [6.45, 7) is 3.43. The maximum Gasteiger partial charge on any atom is 0.273 e. The number of fused-ring (bicyclic) bond motifs is 5. The third-order valence-corrected chi connectivity index (χ3v) is 11.6. The van der Waals surface area contributed by atoms with E-state index in [9.17, 15) is 19.2 Å². The fourth-order valence-electron chi connectivity index (χ4n) is 5.82. The van der Waals surface area contributed by atoms with Gasteiger partial charge in [-0.2, -0.15) is 5.01 Å². The summed E-state index contributed by atoms with van der Waals surface area (Å²) >= 11 is 19.6. The summed E-state index contributed by atoms with van der Waals surface area (Å²) in [7, 11) is 0. The van der Waals surface area contributed by atoms with Crippen LogP contribution in [-0.2, 0) is 9.59 Å². The lowest BCUT2D eigenvalue weighted by molar-refractivity contribution is -0.157. The maximum atomic E-state index is 13.9. The molecule has 188 valence electrons. The van der Waals surface area contributed by atoms with Gasteiger partial charge in [-0.05, 0) is 50.3 Å². The van der Waals surface area contributed by atoms with Crippen molar-refractivity contribution >= 4 is 78.6 Å². The van der Waals surface area contributed by atoms with Crippen molar-refractivity contribution in [3.05, 3.63) is 69.2 Å². The number of imide groups is 1. The number of halogens is 4. The highest BCUT2D eigenvalue weighted by atomic mass is 79.9. The smallest absolute Gasteiger partial charge is 0.273 e. The third-order valence-electron chi connectivity index (χ3n) is 7.64. The Bertz CT molecular complexity index is 1260. The molecular weight excluding hydrogens is 635 g/mol. The molecule has 1 saturated heterocycles. The van der Waals surface area contributed by atoms with E-state index in [4.69, 9.17) is 23.2 Å². The van der Waals surface area contributed by atoms with Gasteiger partial charge in [-0.1, -0.05) is 84.9 Å². The molecular formula is C26H22Br2Cl2N2O4. The number of aryl methyl sites for hydroxylation is 1. The fraction of sp³-hybridized carbons (Fsp3) is 0.385. The van der Waals surface area contributed by atoms with Crippen molar-refractivity contribution < 1.29 is 19.2 Å². The van der Waals surface area contributed by atoms with Crippen LogP contribution in [0, 0.1) is 30.6 Å². The van der Waals surface area contributed by atoms with Gasteiger partial charge in [0.15, 0.2) is 5.78 Å². The highest BCUT2D eigenvalue weighted by Crippen LogP contribution is 2.60. The van der Waals surface area contributed by atoms with Crippen LogP contribution in [0.2, 0.25) is 10.0 Å². The van der Waals surface area contributed by atoms with Crippen molar-refractivity contribution in [3.8, 4) is 0 Å². The zero-order chi connectivity index (χ0) is 26.0. The van der Waals surface area contributed by atoms with Gasteiger partial charge in [-0.15, -0.1) is 0 Å². The molecule has 3 fully saturated rings. The van der Waals surface area contributed by atoms with Crippen LogP contribution in [0.4, 0.5) is 0 Å². The molecule has 2 saturated carbocycles. The van der Waals surface area contributed by atoms with Gasteiger partial charge in [0.2, 0.25) is 0 Å². The Morgan fingerprint density at radius 2 is 1.44 bits per heavy atom. The first-order valence-corrected chi connectivity index (χ1v) is 14.2. The van der Waals surface area contributed by atoms with Gasteiger partial charge < -0.3 is 0 Å². The number of carbonyl (C=O) groups excluding carboxylic acids is 4. The molecule has 7 atom stereocenters. The Morgan fingerprint density at radius 3 is 1.97 bits per heavy atom. The largest absolute Gasteiger partial charge is 0.292 e. The first-order valence-electron chi connectivity index (χ1n) is 11.6. The SMILES string of the molecule is Cc1ccc(C(=O)[C@H](C)N(C(=O)c2ccc(Cl)c(Cl)c2)N2C(=O)[C@@H]3[C@H]4C[C@@H]([C@H](Br)[C@H]4Br)[C@@H]3C2=O)cc1. The number of alkyl halides is 2. The van der Waals surface area contributed by atoms with E-state index in [0.717, 1.165) is 22.0 Å². The zero-order valence-corrected chi connectivity index (χ0v) is 24.0. The number of ketones is 1. The van der Waals surface area contributed by atoms with Gasteiger partial charge in [0, 0.05) is 20.8 Å². The van der Waals surface area contributed by atoms with Crippen molar-refractivity contribution in [1.29, 1.82) is 0 Å². The van der Waals surface area contributed by atoms with Gasteiger partial charge in [0.05, 0.1) is 21.9 Å². The van der Waals surface area contributed by atoms with Crippen LogP contribution < -0.4 is 0 Å². The molecule has 0 unspecified atom stereocenters. The van der Waals surface area contributed by atoms with E-state index in [0.29, 0.717) is 5.56 Å². The molecule has 0 N–H and O–H groups in total. The summed E-state index contributed by atoms with van der Waals surface area (Å²) < 4.78 is 0. The van der Waals surface area contributed by atoms with Gasteiger partial charge in [-0.3, -0.25) is 19.2 Å². The van der Waals surface area contributed by atoms with Gasteiger partial charge in [0.1, 0.15) is 6.04 Å². The number of amides is 3. The van der Waals surface area contributed by atoms with Crippen LogP contribution in [0.5, 0.6) is 0 Å². The molecule has 3 aliphatic rings. The maximum absolute atomic E-state index is 13.9. The lowest BCUT2D eigenvalue weighted by Crippen LogP contribution is -2.57. The second kappa shape index (κ2) is 9.53. The van der Waals surface area contributed by atoms with Crippen LogP contribution in [0.15, 0.2) is 42.5 Å². The molecule has 0 spiro atoms. The molecule has 3 amide bonds. The highest BCUT2D eigenvalue weighted by molar-refractivity contribution is 9.12. The minimum absolute atomic E-state index is 0.0316. The van der Waals surface area contributed by atoms with Crippen molar-refractivity contribution in [1.82, 2.24) is 10.0 Å². The van der Waals surface area contributed by atoms with E-state index >= 15 is 0 Å². The number of hydrogen-bond donors (Lipinski definition) is 0. The van der Waals surface area contributed by atoms with Crippen LogP contribution >= 0.6 is 55.1 Å². The zero-order valence-electron chi connectivity index (χ0n) is 19.3. The van der Waals surface area contributed by atoms with Gasteiger partial charge >= 0.3 is 0 Å². The summed E-state index contributed by atoms with van der Waals surface area (Å²) in [5.41, 5.74) is 1.47. The predicted octanol–water partition coefficient (Wildman–Crippen LogP) is 5.71. The Balaban J connectivity index is 1.56. The molecule has 0 aromatic heterocycles. The second-order valence-electron chi connectivity index (χ2n) is 9.68. The van der Waals surface area contributed by atoms with Crippen LogP contribution in [-0.4, -0.2) is 49.2 Å². The molecule has 36 heavy (non-hydrogen) atoms. The summed E-state index contributed by atoms with van der Waals surface area (Å²) in [6.07, 6.45) is 0.755. The Morgan fingerprint density at radius 1 is 0.917 bits per heavy atom. The average molecular weight is 657 g/mol. The van der Waals surface area contributed by atoms with E-state index in [-0.39, 0.29) is 42.9 Å². The minimum atomic E-state index is -1.13. The first-order chi connectivity index (χ1) is 17.0. The van der Waals surface area contributed by atoms with E-state index in [2.05, 4.69) is 31.9 Å². The number of carbonyl (C=O) groups is 4. The summed E-state index contributed by atoms with van der Waals surface area (Å²) in [6, 6.07) is 10.1. The highest BCUT2D eigenvalue weighted by Gasteiger charge is 2.68. The van der Waals surface area contributed by atoms with E-state index < -0.39 is 35.6 Å². The fourth-order valence-corrected chi connectivity index (χ4v) is 7.99. The third kappa shape index (κ3) is 3.96. The Hall–Kier alpha value is -1.74. The first kappa shape index (κ1) is 25.9. The molecule has 1 aliphatic heterocycles. The molecule has 2 aromatic carbocycles. The lowest BCUT2D eigenvalue weighted by atomic mass is 9.81. The van der Waals surface area contributed by atoms with Gasteiger partial charge in [-0.25, -0.2) is 5.01 Å². The number of rotatable bonds is 5. The monoisotopic (exact) mass is 654 g/mol. The van der Waals surface area contributed by atoms with E-state index in [1.54, 1.807) is 24.3 Å². The van der Waals surface area contributed by atoms with Crippen LogP contribution in [0.3, 0.4) is 0 Å². The Labute approximate surface area is 235 Å². The quantitative estimate of drug-likeness (QED) is 0.235. The molecule has 1 heterocycles. The average Bonchev–Trinajstić information content (AvgIpc) is 3.46. The molecule has 2 bridgehead atoms. The Kier molecular flexibility index (Phi) is 6.86. The normalized spacial score (nSPS) is 29.4. The van der Waals surface area contributed by atoms with Crippen molar-refractivity contribution in [2.45, 2.75) is 36.0 Å². The van der Waals surface area contributed by atoms with Crippen molar-refractivity contribution in [3.63, 3.8) is 0 Å². The van der Waals surface area contributed by atoms with Crippen LogP contribution in [0.1, 0.15) is 39.6 Å². The number of benzene rings is 2. The molecule has 2 aliphatic carbocycles. The van der Waals surface area contributed by atoms with E-state index in [1.165, 1.54) is 25.1 Å². The topological polar surface area (TPSA) is 74.8 Å². The second-order valence-corrected chi connectivity index (χ2v) is 12.6. The van der Waals surface area contributed by atoms with Crippen molar-refractivity contribution in [2.75, 3.05) is 0 Å². The molecule has 2 aromatic rings. The number of hydrogen-bond acceptors (Lipinski definition) is 4.